The highest BCUT2D eigenvalue weighted by Gasteiger charge is 2.17. The molecule has 0 spiro atoms. The van der Waals surface area contributed by atoms with Gasteiger partial charge >= 0.3 is 0 Å². The van der Waals surface area contributed by atoms with Crippen molar-refractivity contribution < 1.29 is 9.59 Å². The van der Waals surface area contributed by atoms with Crippen LogP contribution in [0.15, 0.2) is 18.2 Å². The number of likely N-dealkylation sites (tertiary alicyclic amines) is 1. The third kappa shape index (κ3) is 3.83. The van der Waals surface area contributed by atoms with Crippen molar-refractivity contribution in [1.29, 1.82) is 0 Å². The first-order valence-electron chi connectivity index (χ1n) is 7.20. The molecule has 20 heavy (non-hydrogen) atoms. The summed E-state index contributed by atoms with van der Waals surface area (Å²) < 4.78 is 0. The van der Waals surface area contributed by atoms with Crippen molar-refractivity contribution >= 4 is 11.8 Å². The summed E-state index contributed by atoms with van der Waals surface area (Å²) in [6.07, 6.45) is 2.58. The molecule has 2 rings (SSSR count). The topological polar surface area (TPSA) is 49.4 Å². The smallest absolute Gasteiger partial charge is 0.251 e. The SMILES string of the molecule is Cc1cc(C)cc(C(=O)NCCC(=O)N2CCCC2)c1. The summed E-state index contributed by atoms with van der Waals surface area (Å²) in [5, 5.41) is 2.82. The number of amides is 2. The third-order valence-corrected chi connectivity index (χ3v) is 3.57. The van der Waals surface area contributed by atoms with Crippen LogP contribution in [0, 0.1) is 13.8 Å². The van der Waals surface area contributed by atoms with Crippen molar-refractivity contribution in [3.63, 3.8) is 0 Å². The van der Waals surface area contributed by atoms with Gasteiger partial charge in [0.05, 0.1) is 0 Å². The number of nitrogens with zero attached hydrogens (tertiary/aromatic N) is 1. The first-order chi connectivity index (χ1) is 9.56. The molecule has 1 aromatic carbocycles. The van der Waals surface area contributed by atoms with E-state index in [0.29, 0.717) is 18.5 Å². The molecular weight excluding hydrogens is 252 g/mol. The van der Waals surface area contributed by atoms with E-state index < -0.39 is 0 Å². The van der Waals surface area contributed by atoms with Crippen LogP contribution in [0.1, 0.15) is 40.7 Å². The number of rotatable bonds is 4. The lowest BCUT2D eigenvalue weighted by Gasteiger charge is -2.15. The Morgan fingerprint density at radius 3 is 2.30 bits per heavy atom. The standard InChI is InChI=1S/C16H22N2O2/c1-12-9-13(2)11-14(10-12)16(20)17-6-5-15(19)18-7-3-4-8-18/h9-11H,3-8H2,1-2H3,(H,17,20). The van der Waals surface area contributed by atoms with E-state index >= 15 is 0 Å². The molecule has 1 fully saturated rings. The van der Waals surface area contributed by atoms with Crippen molar-refractivity contribution in [2.45, 2.75) is 33.1 Å². The zero-order chi connectivity index (χ0) is 14.5. The summed E-state index contributed by atoms with van der Waals surface area (Å²) >= 11 is 0. The Morgan fingerprint density at radius 2 is 1.70 bits per heavy atom. The Labute approximate surface area is 120 Å². The quantitative estimate of drug-likeness (QED) is 0.913. The Bertz CT molecular complexity index is 485. The van der Waals surface area contributed by atoms with Crippen molar-refractivity contribution in [2.75, 3.05) is 19.6 Å². The predicted octanol–water partition coefficient (Wildman–Crippen LogP) is 2.05. The van der Waals surface area contributed by atoms with Crippen molar-refractivity contribution in [3.8, 4) is 0 Å². The summed E-state index contributed by atoms with van der Waals surface area (Å²) in [4.78, 5) is 25.7. The van der Waals surface area contributed by atoms with Crippen LogP contribution in [-0.2, 0) is 4.79 Å². The van der Waals surface area contributed by atoms with E-state index in [2.05, 4.69) is 5.32 Å². The minimum absolute atomic E-state index is 0.106. The van der Waals surface area contributed by atoms with Gasteiger partial charge in [0.25, 0.3) is 5.91 Å². The molecule has 0 atom stereocenters. The highest BCUT2D eigenvalue weighted by atomic mass is 16.2. The highest BCUT2D eigenvalue weighted by molar-refractivity contribution is 5.94. The van der Waals surface area contributed by atoms with Gasteiger partial charge in [0.15, 0.2) is 0 Å². The Hall–Kier alpha value is -1.84. The van der Waals surface area contributed by atoms with Gasteiger partial charge in [-0.1, -0.05) is 17.2 Å². The van der Waals surface area contributed by atoms with Crippen LogP contribution in [0.2, 0.25) is 0 Å². The minimum Gasteiger partial charge on any atom is -0.352 e. The number of carbonyl (C=O) groups is 2. The monoisotopic (exact) mass is 274 g/mol. The normalized spacial score (nSPS) is 14.4. The van der Waals surface area contributed by atoms with Crippen molar-refractivity contribution in [1.82, 2.24) is 10.2 Å². The number of nitrogens with one attached hydrogen (secondary N) is 1. The highest BCUT2D eigenvalue weighted by Crippen LogP contribution is 2.10. The molecule has 1 aromatic rings. The van der Waals surface area contributed by atoms with Crippen LogP contribution in [0.5, 0.6) is 0 Å². The molecule has 0 radical (unpaired) electrons. The lowest BCUT2D eigenvalue weighted by Crippen LogP contribution is -2.32. The molecule has 0 saturated carbocycles. The van der Waals surface area contributed by atoms with Crippen LogP contribution < -0.4 is 5.32 Å². The summed E-state index contributed by atoms with van der Waals surface area (Å²) in [6, 6.07) is 5.77. The fraction of sp³-hybridized carbons (Fsp3) is 0.500. The molecule has 0 aliphatic carbocycles. The molecule has 4 heteroatoms. The molecule has 1 aliphatic heterocycles. The van der Waals surface area contributed by atoms with Gasteiger partial charge < -0.3 is 10.2 Å². The zero-order valence-corrected chi connectivity index (χ0v) is 12.2. The van der Waals surface area contributed by atoms with Gasteiger partial charge in [-0.25, -0.2) is 0 Å². The minimum atomic E-state index is -0.106. The van der Waals surface area contributed by atoms with Crippen LogP contribution in [0.3, 0.4) is 0 Å². The lowest BCUT2D eigenvalue weighted by atomic mass is 10.1. The summed E-state index contributed by atoms with van der Waals surface area (Å²) in [7, 11) is 0. The summed E-state index contributed by atoms with van der Waals surface area (Å²) in [5.74, 6) is 0.0363. The summed E-state index contributed by atoms with van der Waals surface area (Å²) in [6.45, 7) is 6.08. The van der Waals surface area contributed by atoms with Gasteiger partial charge in [0.1, 0.15) is 0 Å². The molecular formula is C16H22N2O2. The van der Waals surface area contributed by atoms with E-state index in [1.54, 1.807) is 0 Å². The second kappa shape index (κ2) is 6.55. The lowest BCUT2D eigenvalue weighted by molar-refractivity contribution is -0.129. The van der Waals surface area contributed by atoms with Crippen LogP contribution >= 0.6 is 0 Å². The molecule has 0 bridgehead atoms. The van der Waals surface area contributed by atoms with Gasteiger partial charge in [-0.2, -0.15) is 0 Å². The van der Waals surface area contributed by atoms with E-state index in [9.17, 15) is 9.59 Å². The fourth-order valence-corrected chi connectivity index (χ4v) is 2.62. The van der Waals surface area contributed by atoms with Gasteiger partial charge in [0.2, 0.25) is 5.91 Å². The predicted molar refractivity (Wildman–Crippen MR) is 78.7 cm³/mol. The van der Waals surface area contributed by atoms with Crippen LogP contribution in [-0.4, -0.2) is 36.3 Å². The average Bonchev–Trinajstić information content (AvgIpc) is 2.91. The van der Waals surface area contributed by atoms with Crippen molar-refractivity contribution in [3.05, 3.63) is 34.9 Å². The maximum absolute atomic E-state index is 12.0. The van der Waals surface area contributed by atoms with Gasteiger partial charge in [-0.15, -0.1) is 0 Å². The molecule has 108 valence electrons. The maximum atomic E-state index is 12.0. The van der Waals surface area contributed by atoms with Gasteiger partial charge in [0, 0.05) is 31.6 Å². The number of hydrogen-bond acceptors (Lipinski definition) is 2. The van der Waals surface area contributed by atoms with E-state index in [-0.39, 0.29) is 11.8 Å². The molecule has 0 unspecified atom stereocenters. The Balaban J connectivity index is 1.81. The second-order valence-corrected chi connectivity index (χ2v) is 5.47. The Morgan fingerprint density at radius 1 is 1.10 bits per heavy atom. The van der Waals surface area contributed by atoms with Crippen LogP contribution in [0.25, 0.3) is 0 Å². The van der Waals surface area contributed by atoms with E-state index in [1.807, 2.05) is 36.9 Å². The second-order valence-electron chi connectivity index (χ2n) is 5.47. The van der Waals surface area contributed by atoms with E-state index in [0.717, 1.165) is 37.1 Å². The summed E-state index contributed by atoms with van der Waals surface area (Å²) in [5.41, 5.74) is 2.81. The zero-order valence-electron chi connectivity index (χ0n) is 12.2. The maximum Gasteiger partial charge on any atom is 0.251 e. The molecule has 2 amide bonds. The first kappa shape index (κ1) is 14.6. The molecule has 1 aliphatic rings. The molecule has 1 heterocycles. The van der Waals surface area contributed by atoms with Crippen molar-refractivity contribution in [2.24, 2.45) is 0 Å². The van der Waals surface area contributed by atoms with E-state index in [1.165, 1.54) is 0 Å². The van der Waals surface area contributed by atoms with Gasteiger partial charge in [-0.05, 0) is 38.8 Å². The molecule has 1 N–H and O–H groups in total. The fourth-order valence-electron chi connectivity index (χ4n) is 2.62. The molecule has 0 aromatic heterocycles. The van der Waals surface area contributed by atoms with Gasteiger partial charge in [-0.3, -0.25) is 9.59 Å². The molecule has 1 saturated heterocycles. The number of carbonyl (C=O) groups excluding carboxylic acids is 2. The third-order valence-electron chi connectivity index (χ3n) is 3.57. The number of aryl methyl sites for hydroxylation is 2. The molecule has 4 nitrogen and oxygen atoms in total. The number of benzene rings is 1. The first-order valence-corrected chi connectivity index (χ1v) is 7.20. The van der Waals surface area contributed by atoms with Crippen LogP contribution in [0.4, 0.5) is 0 Å². The largest absolute Gasteiger partial charge is 0.352 e. The Kier molecular flexibility index (Phi) is 4.77. The van der Waals surface area contributed by atoms with E-state index in [4.69, 9.17) is 0 Å². The average molecular weight is 274 g/mol. The number of hydrogen-bond donors (Lipinski definition) is 1.